The fourth-order valence-electron chi connectivity index (χ4n) is 3.04. The quantitative estimate of drug-likeness (QED) is 0.596. The van der Waals surface area contributed by atoms with Crippen molar-refractivity contribution >= 4 is 16.3 Å². The molecule has 120 valence electrons. The molecule has 2 aromatic heterocycles. The summed E-state index contributed by atoms with van der Waals surface area (Å²) in [6.45, 7) is 2.71. The molecule has 0 atom stereocenters. The monoisotopic (exact) mass is 333 g/mol. The summed E-state index contributed by atoms with van der Waals surface area (Å²) in [5, 5.41) is 2.18. The molecule has 0 radical (unpaired) electrons. The van der Waals surface area contributed by atoms with Crippen molar-refractivity contribution < 1.29 is 0 Å². The van der Waals surface area contributed by atoms with Crippen molar-refractivity contribution in [2.24, 2.45) is 5.73 Å². The summed E-state index contributed by atoms with van der Waals surface area (Å²) in [5.74, 6) is 0. The van der Waals surface area contributed by atoms with E-state index < -0.39 is 0 Å². The van der Waals surface area contributed by atoms with Crippen molar-refractivity contribution in [1.29, 1.82) is 0 Å². The maximum absolute atomic E-state index is 5.90. The van der Waals surface area contributed by atoms with Crippen LogP contribution in [-0.2, 0) is 6.42 Å². The van der Waals surface area contributed by atoms with E-state index in [1.54, 1.807) is 11.3 Å². The highest BCUT2D eigenvalue weighted by atomic mass is 32.1. The molecular formula is C20H19N3S. The highest BCUT2D eigenvalue weighted by Crippen LogP contribution is 2.33. The molecule has 3 nitrogen and oxygen atoms in total. The number of thiazole rings is 1. The summed E-state index contributed by atoms with van der Waals surface area (Å²) in [7, 11) is 0. The van der Waals surface area contributed by atoms with Crippen LogP contribution >= 0.6 is 11.3 Å². The van der Waals surface area contributed by atoms with Crippen molar-refractivity contribution in [2.75, 3.05) is 6.54 Å². The van der Waals surface area contributed by atoms with Gasteiger partial charge in [0.05, 0.1) is 17.1 Å². The van der Waals surface area contributed by atoms with Crippen LogP contribution in [0, 0.1) is 6.92 Å². The van der Waals surface area contributed by atoms with E-state index in [1.165, 1.54) is 22.5 Å². The van der Waals surface area contributed by atoms with Gasteiger partial charge in [-0.2, -0.15) is 0 Å². The van der Waals surface area contributed by atoms with Crippen LogP contribution in [0.15, 0.2) is 60.0 Å². The molecule has 4 rings (SSSR count). The minimum absolute atomic E-state index is 0.608. The second-order valence-electron chi connectivity index (χ2n) is 5.92. The van der Waals surface area contributed by atoms with Gasteiger partial charge >= 0.3 is 0 Å². The van der Waals surface area contributed by atoms with E-state index in [4.69, 9.17) is 10.7 Å². The van der Waals surface area contributed by atoms with Gasteiger partial charge in [0.2, 0.25) is 0 Å². The molecule has 0 fully saturated rings. The first-order chi connectivity index (χ1) is 11.8. The second-order valence-corrected chi connectivity index (χ2v) is 6.75. The van der Waals surface area contributed by atoms with Crippen LogP contribution in [0.2, 0.25) is 0 Å². The van der Waals surface area contributed by atoms with Gasteiger partial charge in [-0.3, -0.25) is 4.40 Å². The van der Waals surface area contributed by atoms with Gasteiger partial charge in [-0.1, -0.05) is 60.2 Å². The van der Waals surface area contributed by atoms with Crippen LogP contribution in [0.25, 0.3) is 27.5 Å². The fourth-order valence-corrected chi connectivity index (χ4v) is 3.95. The van der Waals surface area contributed by atoms with E-state index >= 15 is 0 Å². The van der Waals surface area contributed by atoms with E-state index in [2.05, 4.69) is 65.2 Å². The zero-order chi connectivity index (χ0) is 16.5. The number of rotatable bonds is 4. The molecule has 0 aliphatic carbocycles. The summed E-state index contributed by atoms with van der Waals surface area (Å²) in [6, 6.07) is 19.0. The molecule has 24 heavy (non-hydrogen) atoms. The first-order valence-electron chi connectivity index (χ1n) is 8.09. The zero-order valence-corrected chi connectivity index (χ0v) is 14.4. The van der Waals surface area contributed by atoms with Crippen LogP contribution in [0.3, 0.4) is 0 Å². The van der Waals surface area contributed by atoms with E-state index in [9.17, 15) is 0 Å². The third-order valence-corrected chi connectivity index (χ3v) is 5.06. The fraction of sp³-hybridized carbons (Fsp3) is 0.150. The Morgan fingerprint density at radius 1 is 1.00 bits per heavy atom. The molecular weight excluding hydrogens is 314 g/mol. The highest BCUT2D eigenvalue weighted by Gasteiger charge is 2.18. The Morgan fingerprint density at radius 3 is 2.46 bits per heavy atom. The van der Waals surface area contributed by atoms with Crippen LogP contribution in [0.1, 0.15) is 11.3 Å². The molecule has 0 bridgehead atoms. The lowest BCUT2D eigenvalue weighted by Crippen LogP contribution is -2.06. The molecule has 2 heterocycles. The van der Waals surface area contributed by atoms with E-state index in [0.29, 0.717) is 6.54 Å². The summed E-state index contributed by atoms with van der Waals surface area (Å²) in [6.07, 6.45) is 0.806. The summed E-state index contributed by atoms with van der Waals surface area (Å²) in [4.78, 5) is 5.92. The summed E-state index contributed by atoms with van der Waals surface area (Å²) in [5.41, 5.74) is 12.9. The van der Waals surface area contributed by atoms with Crippen molar-refractivity contribution in [3.05, 3.63) is 71.2 Å². The lowest BCUT2D eigenvalue weighted by Gasteiger charge is -2.07. The van der Waals surface area contributed by atoms with Crippen molar-refractivity contribution in [3.8, 4) is 22.5 Å². The normalized spacial score (nSPS) is 11.2. The van der Waals surface area contributed by atoms with Gasteiger partial charge in [0.1, 0.15) is 0 Å². The predicted octanol–water partition coefficient (Wildman–Crippen LogP) is 4.54. The predicted molar refractivity (Wildman–Crippen MR) is 101 cm³/mol. The molecule has 2 N–H and O–H groups in total. The van der Waals surface area contributed by atoms with Gasteiger partial charge in [0.25, 0.3) is 0 Å². The Labute approximate surface area is 145 Å². The Morgan fingerprint density at radius 2 is 1.75 bits per heavy atom. The first-order valence-corrected chi connectivity index (χ1v) is 8.97. The number of nitrogens with zero attached hydrogens (tertiary/aromatic N) is 2. The van der Waals surface area contributed by atoms with Gasteiger partial charge in [0.15, 0.2) is 4.96 Å². The van der Waals surface area contributed by atoms with Gasteiger partial charge in [-0.05, 0) is 19.0 Å². The number of hydrogen-bond acceptors (Lipinski definition) is 3. The summed E-state index contributed by atoms with van der Waals surface area (Å²) >= 11 is 1.68. The Bertz CT molecular complexity index is 965. The number of aromatic nitrogens is 2. The van der Waals surface area contributed by atoms with Gasteiger partial charge < -0.3 is 5.73 Å². The molecule has 0 unspecified atom stereocenters. The molecule has 0 saturated carbocycles. The molecule has 0 aliphatic rings. The summed E-state index contributed by atoms with van der Waals surface area (Å²) < 4.78 is 2.27. The molecule has 0 amide bonds. The molecule has 4 heteroatoms. The molecule has 0 saturated heterocycles. The second kappa shape index (κ2) is 6.23. The van der Waals surface area contributed by atoms with Crippen LogP contribution in [0.5, 0.6) is 0 Å². The molecule has 0 spiro atoms. The lowest BCUT2D eigenvalue weighted by atomic mass is 10.1. The van der Waals surface area contributed by atoms with E-state index in [1.807, 2.05) is 6.07 Å². The standard InChI is InChI=1S/C20H19N3S/c1-14-7-9-16(10-8-14)19-17(11-12-21)23-18(13-24-20(23)22-19)15-5-3-2-4-6-15/h2-10,13H,11-12,21H2,1H3. The number of imidazole rings is 1. The van der Waals surface area contributed by atoms with Crippen molar-refractivity contribution in [2.45, 2.75) is 13.3 Å². The lowest BCUT2D eigenvalue weighted by molar-refractivity contribution is 0.914. The van der Waals surface area contributed by atoms with Gasteiger partial charge in [0, 0.05) is 17.4 Å². The minimum Gasteiger partial charge on any atom is -0.330 e. The van der Waals surface area contributed by atoms with Crippen LogP contribution < -0.4 is 5.73 Å². The Balaban J connectivity index is 1.94. The molecule has 0 aliphatic heterocycles. The Kier molecular flexibility index (Phi) is 3.92. The Hall–Kier alpha value is -2.43. The van der Waals surface area contributed by atoms with Gasteiger partial charge in [-0.15, -0.1) is 11.3 Å². The topological polar surface area (TPSA) is 43.3 Å². The molecule has 2 aromatic carbocycles. The minimum atomic E-state index is 0.608. The average Bonchev–Trinajstić information content (AvgIpc) is 3.17. The average molecular weight is 333 g/mol. The maximum Gasteiger partial charge on any atom is 0.194 e. The third-order valence-electron chi connectivity index (χ3n) is 4.23. The number of fused-ring (bicyclic) bond motifs is 1. The molecule has 4 aromatic rings. The van der Waals surface area contributed by atoms with Crippen LogP contribution in [-0.4, -0.2) is 15.9 Å². The number of nitrogens with two attached hydrogens (primary N) is 1. The third kappa shape index (κ3) is 2.54. The van der Waals surface area contributed by atoms with Crippen molar-refractivity contribution in [1.82, 2.24) is 9.38 Å². The number of benzene rings is 2. The van der Waals surface area contributed by atoms with E-state index in [0.717, 1.165) is 22.6 Å². The largest absolute Gasteiger partial charge is 0.330 e. The van der Waals surface area contributed by atoms with Crippen LogP contribution in [0.4, 0.5) is 0 Å². The highest BCUT2D eigenvalue weighted by molar-refractivity contribution is 7.15. The first kappa shape index (κ1) is 15.1. The smallest absolute Gasteiger partial charge is 0.194 e. The SMILES string of the molecule is Cc1ccc(-c2nc3scc(-c4ccccc4)n3c2CCN)cc1. The number of aryl methyl sites for hydroxylation is 1. The van der Waals surface area contributed by atoms with Crippen molar-refractivity contribution in [3.63, 3.8) is 0 Å². The van der Waals surface area contributed by atoms with Gasteiger partial charge in [-0.25, -0.2) is 4.98 Å². The number of hydrogen-bond donors (Lipinski definition) is 1. The van der Waals surface area contributed by atoms with E-state index in [-0.39, 0.29) is 0 Å². The zero-order valence-electron chi connectivity index (χ0n) is 13.6. The maximum atomic E-state index is 5.90.